The molecule has 1 aromatic rings. The fraction of sp³-hybridized carbons (Fsp3) is 0.857. The Bertz CT molecular complexity index is 299. The quantitative estimate of drug-likeness (QED) is 0.764. The molecule has 1 aliphatic rings. The van der Waals surface area contributed by atoms with Gasteiger partial charge >= 0.3 is 0 Å². The maximum Gasteiger partial charge on any atom is 0.262 e. The van der Waals surface area contributed by atoms with E-state index in [0.29, 0.717) is 12.4 Å². The second-order valence-corrected chi connectivity index (χ2v) is 3.41. The van der Waals surface area contributed by atoms with Gasteiger partial charge in [-0.2, -0.15) is 5.21 Å². The lowest BCUT2D eigenvalue weighted by Crippen LogP contribution is -2.26. The van der Waals surface area contributed by atoms with Crippen LogP contribution in [0.2, 0.25) is 0 Å². The second kappa shape index (κ2) is 3.23. The fourth-order valence-corrected chi connectivity index (χ4v) is 1.78. The van der Waals surface area contributed by atoms with E-state index in [1.165, 1.54) is 0 Å². The van der Waals surface area contributed by atoms with Crippen molar-refractivity contribution >= 4 is 0 Å². The summed E-state index contributed by atoms with van der Waals surface area (Å²) in [4.78, 5) is 1.66. The minimum absolute atomic E-state index is 0.220. The first-order valence-electron chi connectivity index (χ1n) is 4.47. The van der Waals surface area contributed by atoms with Gasteiger partial charge in [-0.1, -0.05) is 12.1 Å². The molecule has 78 valence electrons. The Kier molecular flexibility index (Phi) is 2.18. The zero-order valence-electron chi connectivity index (χ0n) is 7.74. The summed E-state index contributed by atoms with van der Waals surface area (Å²) in [6.07, 6.45) is -0.222. The first-order chi connectivity index (χ1) is 6.62. The molecule has 2 rings (SSSR count). The summed E-state index contributed by atoms with van der Waals surface area (Å²) in [5.41, 5.74) is 0. The molecule has 7 heteroatoms. The van der Waals surface area contributed by atoms with Gasteiger partial charge in [-0.15, -0.1) is 10.2 Å². The third kappa shape index (κ3) is 1.59. The largest absolute Gasteiger partial charge is 0.287 e. The Morgan fingerprint density at radius 1 is 1.64 bits per heavy atom. The van der Waals surface area contributed by atoms with Crippen LogP contribution >= 0.6 is 0 Å². The molecule has 14 heavy (non-hydrogen) atoms. The first kappa shape index (κ1) is 9.45. The number of H-pyrrole nitrogens is 1. The Morgan fingerprint density at radius 2 is 2.43 bits per heavy atom. The summed E-state index contributed by atoms with van der Waals surface area (Å²) >= 11 is 0. The number of tetrazole rings is 1. The van der Waals surface area contributed by atoms with Gasteiger partial charge in [0.1, 0.15) is 0 Å². The number of rotatable bonds is 2. The third-order valence-electron chi connectivity index (χ3n) is 2.43. The highest BCUT2D eigenvalue weighted by atomic mass is 19.3. The van der Waals surface area contributed by atoms with Gasteiger partial charge in [-0.05, 0) is 6.54 Å². The molecule has 0 aromatic carbocycles. The van der Waals surface area contributed by atoms with Crippen molar-refractivity contribution < 1.29 is 8.78 Å². The van der Waals surface area contributed by atoms with Gasteiger partial charge in [0.2, 0.25) is 0 Å². The summed E-state index contributed by atoms with van der Waals surface area (Å²) in [5.74, 6) is -2.29. The lowest BCUT2D eigenvalue weighted by atomic mass is 10.2. The summed E-state index contributed by atoms with van der Waals surface area (Å²) in [5, 5.41) is 13.1. The molecule has 0 aliphatic carbocycles. The van der Waals surface area contributed by atoms with Crippen molar-refractivity contribution in [2.75, 3.05) is 13.1 Å². The highest BCUT2D eigenvalue weighted by molar-refractivity contribution is 4.99. The molecular weight excluding hydrogens is 192 g/mol. The molecule has 0 amide bonds. The van der Waals surface area contributed by atoms with Crippen LogP contribution in [0.15, 0.2) is 0 Å². The van der Waals surface area contributed by atoms with Crippen molar-refractivity contribution in [1.82, 2.24) is 25.5 Å². The van der Waals surface area contributed by atoms with Crippen molar-refractivity contribution in [3.63, 3.8) is 0 Å². The summed E-state index contributed by atoms with van der Waals surface area (Å²) in [6.45, 7) is 2.19. The molecular formula is C7H11F2N5. The number of alkyl halides is 2. The minimum Gasteiger partial charge on any atom is -0.287 e. The van der Waals surface area contributed by atoms with Crippen molar-refractivity contribution in [2.24, 2.45) is 0 Å². The third-order valence-corrected chi connectivity index (χ3v) is 2.43. The Hall–Kier alpha value is -1.11. The van der Waals surface area contributed by atoms with E-state index in [0.717, 1.165) is 0 Å². The second-order valence-electron chi connectivity index (χ2n) is 3.41. The average molecular weight is 203 g/mol. The van der Waals surface area contributed by atoms with Gasteiger partial charge in [0.05, 0.1) is 12.6 Å². The van der Waals surface area contributed by atoms with E-state index in [1.54, 1.807) is 4.90 Å². The number of likely N-dealkylation sites (tertiary alicyclic amines) is 1. The molecule has 2 heterocycles. The summed E-state index contributed by atoms with van der Waals surface area (Å²) < 4.78 is 26.2. The predicted octanol–water partition coefficient (Wildman–Crippen LogP) is 0.602. The Balaban J connectivity index is 2.19. The van der Waals surface area contributed by atoms with Crippen molar-refractivity contribution in [2.45, 2.75) is 25.3 Å². The molecule has 5 nitrogen and oxygen atoms in total. The number of aromatic amines is 1. The van der Waals surface area contributed by atoms with Crippen LogP contribution in [0.1, 0.15) is 25.2 Å². The lowest BCUT2D eigenvalue weighted by Gasteiger charge is -2.17. The molecule has 1 fully saturated rings. The van der Waals surface area contributed by atoms with E-state index in [1.807, 2.05) is 6.92 Å². The van der Waals surface area contributed by atoms with Crippen LogP contribution in [0.25, 0.3) is 0 Å². The maximum atomic E-state index is 13.1. The van der Waals surface area contributed by atoms with Crippen molar-refractivity contribution in [3.05, 3.63) is 5.82 Å². The monoisotopic (exact) mass is 203 g/mol. The van der Waals surface area contributed by atoms with Crippen LogP contribution in [0.4, 0.5) is 8.78 Å². The van der Waals surface area contributed by atoms with Crippen LogP contribution in [-0.2, 0) is 0 Å². The van der Waals surface area contributed by atoms with Gasteiger partial charge < -0.3 is 0 Å². The van der Waals surface area contributed by atoms with Crippen molar-refractivity contribution in [3.8, 4) is 0 Å². The van der Waals surface area contributed by atoms with Crippen molar-refractivity contribution in [1.29, 1.82) is 0 Å². The van der Waals surface area contributed by atoms with Crippen LogP contribution in [-0.4, -0.2) is 44.5 Å². The fourth-order valence-electron chi connectivity index (χ4n) is 1.78. The Labute approximate surface area is 79.5 Å². The standard InChI is InChI=1S/C7H11F2N5/c1-2-14-4-7(8,9)3-5(14)6-10-12-13-11-6/h5H,2-4H2,1H3,(H,10,11,12,13). The van der Waals surface area contributed by atoms with E-state index in [9.17, 15) is 8.78 Å². The Morgan fingerprint density at radius 3 is 3.00 bits per heavy atom. The minimum atomic E-state index is -2.64. The SMILES string of the molecule is CCN1CC(F)(F)CC1c1nn[nH]n1. The van der Waals surface area contributed by atoms with E-state index in [-0.39, 0.29) is 13.0 Å². The highest BCUT2D eigenvalue weighted by Gasteiger charge is 2.46. The summed E-state index contributed by atoms with van der Waals surface area (Å²) in [7, 11) is 0. The number of hydrogen-bond acceptors (Lipinski definition) is 4. The molecule has 1 N–H and O–H groups in total. The van der Waals surface area contributed by atoms with Crippen LogP contribution in [0, 0.1) is 0 Å². The number of nitrogens with one attached hydrogen (secondary N) is 1. The summed E-state index contributed by atoms with van der Waals surface area (Å²) in [6, 6.07) is -0.409. The predicted molar refractivity (Wildman–Crippen MR) is 43.7 cm³/mol. The van der Waals surface area contributed by atoms with Gasteiger partial charge in [-0.3, -0.25) is 4.90 Å². The molecule has 0 spiro atoms. The molecule has 0 bridgehead atoms. The zero-order valence-corrected chi connectivity index (χ0v) is 7.74. The topological polar surface area (TPSA) is 57.7 Å². The van der Waals surface area contributed by atoms with Gasteiger partial charge in [0.15, 0.2) is 5.82 Å². The smallest absolute Gasteiger partial charge is 0.262 e. The highest BCUT2D eigenvalue weighted by Crippen LogP contribution is 2.38. The van der Waals surface area contributed by atoms with Crippen LogP contribution < -0.4 is 0 Å². The lowest BCUT2D eigenvalue weighted by molar-refractivity contribution is 0.0124. The van der Waals surface area contributed by atoms with E-state index < -0.39 is 12.0 Å². The molecule has 1 unspecified atom stereocenters. The zero-order chi connectivity index (χ0) is 10.2. The molecule has 1 aliphatic heterocycles. The van der Waals surface area contributed by atoms with E-state index in [2.05, 4.69) is 20.6 Å². The van der Waals surface area contributed by atoms with Crippen LogP contribution in [0.5, 0.6) is 0 Å². The number of halogens is 2. The van der Waals surface area contributed by atoms with Gasteiger partial charge in [-0.25, -0.2) is 8.78 Å². The number of nitrogens with zero attached hydrogens (tertiary/aromatic N) is 4. The number of aromatic nitrogens is 4. The van der Waals surface area contributed by atoms with Gasteiger partial charge in [0.25, 0.3) is 5.92 Å². The van der Waals surface area contributed by atoms with Crippen LogP contribution in [0.3, 0.4) is 0 Å². The molecule has 1 atom stereocenters. The molecule has 0 saturated carbocycles. The number of hydrogen-bond donors (Lipinski definition) is 1. The van der Waals surface area contributed by atoms with E-state index in [4.69, 9.17) is 0 Å². The molecule has 0 radical (unpaired) electrons. The normalized spacial score (nSPS) is 26.9. The molecule has 1 aromatic heterocycles. The average Bonchev–Trinajstić information content (AvgIpc) is 2.70. The maximum absolute atomic E-state index is 13.1. The molecule has 1 saturated heterocycles. The van der Waals surface area contributed by atoms with E-state index >= 15 is 0 Å². The van der Waals surface area contributed by atoms with Gasteiger partial charge in [0, 0.05) is 6.42 Å². The first-order valence-corrected chi connectivity index (χ1v) is 4.47.